The molecule has 0 saturated carbocycles. The highest BCUT2D eigenvalue weighted by molar-refractivity contribution is 5.51. The lowest BCUT2D eigenvalue weighted by Gasteiger charge is -2.10. The Morgan fingerprint density at radius 2 is 2.16 bits per heavy atom. The molecule has 0 spiro atoms. The summed E-state index contributed by atoms with van der Waals surface area (Å²) in [5.74, 6) is 1.92. The van der Waals surface area contributed by atoms with Gasteiger partial charge in [-0.1, -0.05) is 19.1 Å². The third-order valence-corrected chi connectivity index (χ3v) is 3.00. The van der Waals surface area contributed by atoms with Crippen LogP contribution < -0.4 is 10.5 Å². The van der Waals surface area contributed by atoms with Gasteiger partial charge in [0, 0.05) is 25.4 Å². The van der Waals surface area contributed by atoms with Crippen LogP contribution in [0.5, 0.6) is 5.75 Å². The van der Waals surface area contributed by atoms with E-state index >= 15 is 0 Å². The second kappa shape index (κ2) is 6.83. The molecule has 0 aliphatic heterocycles. The van der Waals surface area contributed by atoms with Gasteiger partial charge in [-0.15, -0.1) is 0 Å². The van der Waals surface area contributed by atoms with E-state index in [0.717, 1.165) is 37.4 Å². The molecule has 0 aliphatic rings. The number of para-hydroxylation sites is 2. The van der Waals surface area contributed by atoms with E-state index in [-0.39, 0.29) is 0 Å². The standard InChI is InChI=1S/C15H21N3O/c1-2-6-15-17-9-11-18(15)10-5-12-19-14-8-4-3-7-13(14)16/h3-4,7-9,11H,2,5-6,10,12,16H2,1H3. The minimum atomic E-state index is 0.665. The quantitative estimate of drug-likeness (QED) is 0.614. The third-order valence-electron chi connectivity index (χ3n) is 3.00. The maximum Gasteiger partial charge on any atom is 0.142 e. The Morgan fingerprint density at radius 1 is 1.32 bits per heavy atom. The van der Waals surface area contributed by atoms with Crippen LogP contribution in [-0.2, 0) is 13.0 Å². The lowest BCUT2D eigenvalue weighted by molar-refractivity contribution is 0.302. The maximum absolute atomic E-state index is 5.82. The number of benzene rings is 1. The van der Waals surface area contributed by atoms with Crippen LogP contribution in [0.3, 0.4) is 0 Å². The van der Waals surface area contributed by atoms with E-state index in [1.807, 2.05) is 36.7 Å². The van der Waals surface area contributed by atoms with Gasteiger partial charge in [0.2, 0.25) is 0 Å². The number of nitrogen functional groups attached to an aromatic ring is 1. The van der Waals surface area contributed by atoms with Gasteiger partial charge in [0.05, 0.1) is 12.3 Å². The summed E-state index contributed by atoms with van der Waals surface area (Å²) in [6.45, 7) is 3.76. The van der Waals surface area contributed by atoms with Gasteiger partial charge in [-0.2, -0.15) is 0 Å². The van der Waals surface area contributed by atoms with Crippen molar-refractivity contribution in [2.45, 2.75) is 32.7 Å². The largest absolute Gasteiger partial charge is 0.491 e. The molecular weight excluding hydrogens is 238 g/mol. The molecule has 0 radical (unpaired) electrons. The van der Waals surface area contributed by atoms with Crippen molar-refractivity contribution in [1.82, 2.24) is 9.55 Å². The molecule has 0 aliphatic carbocycles. The number of imidazole rings is 1. The zero-order valence-corrected chi connectivity index (χ0v) is 11.4. The number of hydrogen-bond acceptors (Lipinski definition) is 3. The highest BCUT2D eigenvalue weighted by Gasteiger charge is 2.02. The number of aromatic nitrogens is 2. The summed E-state index contributed by atoms with van der Waals surface area (Å²) in [7, 11) is 0. The van der Waals surface area contributed by atoms with Crippen molar-refractivity contribution in [3.63, 3.8) is 0 Å². The van der Waals surface area contributed by atoms with Crippen molar-refractivity contribution >= 4 is 5.69 Å². The van der Waals surface area contributed by atoms with Gasteiger partial charge < -0.3 is 15.0 Å². The molecule has 19 heavy (non-hydrogen) atoms. The predicted octanol–water partition coefficient (Wildman–Crippen LogP) is 2.89. The van der Waals surface area contributed by atoms with Crippen molar-refractivity contribution < 1.29 is 4.74 Å². The normalized spacial score (nSPS) is 10.6. The Bertz CT molecular complexity index is 508. The first kappa shape index (κ1) is 13.5. The topological polar surface area (TPSA) is 53.1 Å². The van der Waals surface area contributed by atoms with Crippen molar-refractivity contribution in [2.24, 2.45) is 0 Å². The van der Waals surface area contributed by atoms with E-state index in [4.69, 9.17) is 10.5 Å². The average Bonchev–Trinajstić information content (AvgIpc) is 2.85. The third kappa shape index (κ3) is 3.74. The molecule has 0 bridgehead atoms. The molecule has 1 heterocycles. The van der Waals surface area contributed by atoms with Crippen LogP contribution in [0.2, 0.25) is 0 Å². The van der Waals surface area contributed by atoms with Crippen molar-refractivity contribution in [3.8, 4) is 5.75 Å². The van der Waals surface area contributed by atoms with Crippen LogP contribution >= 0.6 is 0 Å². The van der Waals surface area contributed by atoms with E-state index in [1.165, 1.54) is 0 Å². The summed E-state index contributed by atoms with van der Waals surface area (Å²) in [4.78, 5) is 4.36. The summed E-state index contributed by atoms with van der Waals surface area (Å²) in [6, 6.07) is 7.59. The van der Waals surface area contributed by atoms with Crippen LogP contribution in [0.1, 0.15) is 25.6 Å². The summed E-state index contributed by atoms with van der Waals surface area (Å²) in [6.07, 6.45) is 6.98. The molecule has 102 valence electrons. The monoisotopic (exact) mass is 259 g/mol. The number of rotatable bonds is 7. The minimum absolute atomic E-state index is 0.665. The molecule has 4 heteroatoms. The van der Waals surface area contributed by atoms with Gasteiger partial charge in [0.15, 0.2) is 0 Å². The zero-order chi connectivity index (χ0) is 13.5. The van der Waals surface area contributed by atoms with Gasteiger partial charge in [-0.25, -0.2) is 4.98 Å². The highest BCUT2D eigenvalue weighted by Crippen LogP contribution is 2.19. The molecule has 4 nitrogen and oxygen atoms in total. The molecule has 0 unspecified atom stereocenters. The first-order valence-corrected chi connectivity index (χ1v) is 6.78. The van der Waals surface area contributed by atoms with Crippen LogP contribution in [0.4, 0.5) is 5.69 Å². The van der Waals surface area contributed by atoms with Crippen LogP contribution in [-0.4, -0.2) is 16.2 Å². The average molecular weight is 259 g/mol. The summed E-state index contributed by atoms with van der Waals surface area (Å²) in [5.41, 5.74) is 6.51. The molecule has 2 rings (SSSR count). The molecule has 2 aromatic rings. The highest BCUT2D eigenvalue weighted by atomic mass is 16.5. The Kier molecular flexibility index (Phi) is 4.84. The van der Waals surface area contributed by atoms with Crippen molar-refractivity contribution in [1.29, 1.82) is 0 Å². The maximum atomic E-state index is 5.82. The van der Waals surface area contributed by atoms with Gasteiger partial charge in [-0.3, -0.25) is 0 Å². The summed E-state index contributed by atoms with van der Waals surface area (Å²) in [5, 5.41) is 0. The van der Waals surface area contributed by atoms with Crippen LogP contribution in [0.25, 0.3) is 0 Å². The van der Waals surface area contributed by atoms with E-state index in [2.05, 4.69) is 16.5 Å². The Balaban J connectivity index is 1.78. The minimum Gasteiger partial charge on any atom is -0.491 e. The molecular formula is C15H21N3O. The fourth-order valence-electron chi connectivity index (χ4n) is 2.02. The molecule has 0 atom stereocenters. The number of anilines is 1. The first-order chi connectivity index (χ1) is 9.31. The van der Waals surface area contributed by atoms with E-state index < -0.39 is 0 Å². The SMILES string of the molecule is CCCc1nccn1CCCOc1ccccc1N. The fraction of sp³-hybridized carbons (Fsp3) is 0.400. The van der Waals surface area contributed by atoms with Gasteiger partial charge in [0.25, 0.3) is 0 Å². The predicted molar refractivity (Wildman–Crippen MR) is 77.2 cm³/mol. The number of nitrogens with two attached hydrogens (primary N) is 1. The molecule has 1 aromatic heterocycles. The number of nitrogens with zero attached hydrogens (tertiary/aromatic N) is 2. The lowest BCUT2D eigenvalue weighted by Crippen LogP contribution is -2.07. The second-order valence-electron chi connectivity index (χ2n) is 4.53. The number of hydrogen-bond donors (Lipinski definition) is 1. The molecule has 2 N–H and O–H groups in total. The van der Waals surface area contributed by atoms with E-state index in [0.29, 0.717) is 12.3 Å². The summed E-state index contributed by atoms with van der Waals surface area (Å²) < 4.78 is 7.87. The molecule has 0 fully saturated rings. The summed E-state index contributed by atoms with van der Waals surface area (Å²) >= 11 is 0. The Labute approximate surface area is 114 Å². The Morgan fingerprint density at radius 3 is 2.95 bits per heavy atom. The first-order valence-electron chi connectivity index (χ1n) is 6.78. The van der Waals surface area contributed by atoms with Gasteiger partial charge in [0.1, 0.15) is 11.6 Å². The van der Waals surface area contributed by atoms with E-state index in [9.17, 15) is 0 Å². The fourth-order valence-corrected chi connectivity index (χ4v) is 2.02. The van der Waals surface area contributed by atoms with Gasteiger partial charge >= 0.3 is 0 Å². The lowest BCUT2D eigenvalue weighted by atomic mass is 10.3. The molecule has 0 amide bonds. The second-order valence-corrected chi connectivity index (χ2v) is 4.53. The molecule has 0 saturated heterocycles. The van der Waals surface area contributed by atoms with Gasteiger partial charge in [-0.05, 0) is 25.0 Å². The van der Waals surface area contributed by atoms with E-state index in [1.54, 1.807) is 0 Å². The zero-order valence-electron chi connectivity index (χ0n) is 11.4. The Hall–Kier alpha value is -1.97. The smallest absolute Gasteiger partial charge is 0.142 e. The van der Waals surface area contributed by atoms with Crippen molar-refractivity contribution in [2.75, 3.05) is 12.3 Å². The van der Waals surface area contributed by atoms with Crippen LogP contribution in [0.15, 0.2) is 36.7 Å². The van der Waals surface area contributed by atoms with Crippen molar-refractivity contribution in [3.05, 3.63) is 42.5 Å². The number of aryl methyl sites for hydroxylation is 2. The molecule has 1 aromatic carbocycles. The number of ether oxygens (including phenoxy) is 1. The van der Waals surface area contributed by atoms with Crippen LogP contribution in [0, 0.1) is 0 Å².